The highest BCUT2D eigenvalue weighted by atomic mass is 32.2. The fourth-order valence-electron chi connectivity index (χ4n) is 1.98. The van der Waals surface area contributed by atoms with Gasteiger partial charge in [0, 0.05) is 16.2 Å². The number of aromatic nitrogens is 3. The number of hydrogen-bond donors (Lipinski definition) is 1. The minimum atomic E-state index is -0.575. The topological polar surface area (TPSA) is 56.7 Å². The van der Waals surface area contributed by atoms with Crippen molar-refractivity contribution in [3.05, 3.63) is 41.2 Å². The van der Waals surface area contributed by atoms with E-state index >= 15 is 0 Å². The normalized spacial score (nSPS) is 13.4. The first-order valence-electron chi connectivity index (χ1n) is 6.53. The zero-order valence-electron chi connectivity index (χ0n) is 12.4. The molecule has 1 heterocycles. The monoisotopic (exact) mass is 312 g/mol. The van der Waals surface area contributed by atoms with Gasteiger partial charge in [0.2, 0.25) is 5.16 Å². The van der Waals surface area contributed by atoms with Crippen LogP contribution in [0.2, 0.25) is 0 Å². The largest absolute Gasteiger partial charge is 0.336 e. The van der Waals surface area contributed by atoms with E-state index in [0.29, 0.717) is 11.0 Å². The molecule has 1 atom stereocenters. The maximum absolute atomic E-state index is 13.8. The number of nitrogens with two attached hydrogens (primary N) is 1. The molecule has 0 saturated carbocycles. The number of rotatable bonds is 3. The van der Waals surface area contributed by atoms with Crippen molar-refractivity contribution in [2.45, 2.75) is 43.5 Å². The Labute approximate surface area is 126 Å². The maximum atomic E-state index is 13.8. The standard InChI is InChI=1S/C14H18F2N4S/c1-8(11-9(15)6-5-7-10(11)16)21-13-19-18-12(20(13)17)14(2,3)4/h5-8H,17H2,1-4H3. The van der Waals surface area contributed by atoms with Gasteiger partial charge >= 0.3 is 0 Å². The summed E-state index contributed by atoms with van der Waals surface area (Å²) in [5.74, 6) is 5.44. The molecule has 2 N–H and O–H groups in total. The number of benzene rings is 1. The summed E-state index contributed by atoms with van der Waals surface area (Å²) in [6.45, 7) is 7.61. The quantitative estimate of drug-likeness (QED) is 0.697. The minimum absolute atomic E-state index is 0.0165. The highest BCUT2D eigenvalue weighted by Gasteiger charge is 2.25. The molecule has 0 radical (unpaired) electrons. The fraction of sp³-hybridized carbons (Fsp3) is 0.429. The summed E-state index contributed by atoms with van der Waals surface area (Å²) in [6, 6.07) is 3.82. The molecule has 0 aliphatic heterocycles. The Morgan fingerprint density at radius 3 is 2.24 bits per heavy atom. The molecule has 4 nitrogen and oxygen atoms in total. The second kappa shape index (κ2) is 5.63. The van der Waals surface area contributed by atoms with E-state index < -0.39 is 16.9 Å². The molecule has 2 aromatic rings. The first-order valence-corrected chi connectivity index (χ1v) is 7.41. The van der Waals surface area contributed by atoms with Crippen molar-refractivity contribution in [2.24, 2.45) is 0 Å². The average molecular weight is 312 g/mol. The summed E-state index contributed by atoms with van der Waals surface area (Å²) >= 11 is 1.17. The minimum Gasteiger partial charge on any atom is -0.336 e. The number of hydrogen-bond acceptors (Lipinski definition) is 4. The third-order valence-electron chi connectivity index (χ3n) is 3.02. The molecule has 1 aromatic carbocycles. The third kappa shape index (κ3) is 3.18. The molecule has 0 spiro atoms. The second-order valence-corrected chi connectivity index (χ2v) is 7.13. The summed E-state index contributed by atoms with van der Waals surface area (Å²) in [7, 11) is 0. The number of nitrogen functional groups attached to an aromatic ring is 1. The molecule has 21 heavy (non-hydrogen) atoms. The molecule has 0 aliphatic carbocycles. The first-order chi connectivity index (χ1) is 9.71. The van der Waals surface area contributed by atoms with Gasteiger partial charge in [-0.15, -0.1) is 10.2 Å². The summed E-state index contributed by atoms with van der Waals surface area (Å²) in [6.07, 6.45) is 0. The molecule has 7 heteroatoms. The van der Waals surface area contributed by atoms with E-state index in [2.05, 4.69) is 10.2 Å². The van der Waals surface area contributed by atoms with Crippen molar-refractivity contribution >= 4 is 11.8 Å². The van der Waals surface area contributed by atoms with Crippen LogP contribution >= 0.6 is 11.8 Å². The van der Waals surface area contributed by atoms with E-state index in [9.17, 15) is 8.78 Å². The Balaban J connectivity index is 2.29. The predicted molar refractivity (Wildman–Crippen MR) is 79.5 cm³/mol. The maximum Gasteiger partial charge on any atom is 0.210 e. The molecular formula is C14H18F2N4S. The smallest absolute Gasteiger partial charge is 0.210 e. The third-order valence-corrected chi connectivity index (χ3v) is 4.10. The zero-order valence-corrected chi connectivity index (χ0v) is 13.2. The van der Waals surface area contributed by atoms with Gasteiger partial charge in [-0.25, -0.2) is 13.5 Å². The van der Waals surface area contributed by atoms with Crippen LogP contribution in [0.3, 0.4) is 0 Å². The van der Waals surface area contributed by atoms with E-state index in [1.807, 2.05) is 20.8 Å². The van der Waals surface area contributed by atoms with Crippen LogP contribution in [-0.4, -0.2) is 14.9 Å². The molecule has 1 aromatic heterocycles. The Morgan fingerprint density at radius 2 is 1.76 bits per heavy atom. The van der Waals surface area contributed by atoms with E-state index in [4.69, 9.17) is 5.84 Å². The highest BCUT2D eigenvalue weighted by Crippen LogP contribution is 2.36. The lowest BCUT2D eigenvalue weighted by molar-refractivity contribution is 0.522. The lowest BCUT2D eigenvalue weighted by Crippen LogP contribution is -2.24. The van der Waals surface area contributed by atoms with Gasteiger partial charge in [-0.2, -0.15) is 0 Å². The Kier molecular flexibility index (Phi) is 4.22. The van der Waals surface area contributed by atoms with Crippen molar-refractivity contribution in [1.29, 1.82) is 0 Å². The molecule has 114 valence electrons. The van der Waals surface area contributed by atoms with Crippen molar-refractivity contribution in [2.75, 3.05) is 5.84 Å². The van der Waals surface area contributed by atoms with Crippen LogP contribution < -0.4 is 5.84 Å². The summed E-state index contributed by atoms with van der Waals surface area (Å²) in [5, 5.41) is 8.03. The van der Waals surface area contributed by atoms with Gasteiger partial charge < -0.3 is 5.84 Å². The van der Waals surface area contributed by atoms with Gasteiger partial charge in [-0.3, -0.25) is 0 Å². The van der Waals surface area contributed by atoms with Crippen LogP contribution in [0, 0.1) is 11.6 Å². The van der Waals surface area contributed by atoms with Gasteiger partial charge in [0.1, 0.15) is 11.6 Å². The number of thioether (sulfide) groups is 1. The van der Waals surface area contributed by atoms with Crippen molar-refractivity contribution in [3.8, 4) is 0 Å². The van der Waals surface area contributed by atoms with Gasteiger partial charge in [0.25, 0.3) is 0 Å². The van der Waals surface area contributed by atoms with E-state index in [0.717, 1.165) is 0 Å². The molecule has 0 bridgehead atoms. The highest BCUT2D eigenvalue weighted by molar-refractivity contribution is 7.99. The van der Waals surface area contributed by atoms with Crippen LogP contribution in [0.5, 0.6) is 0 Å². The molecule has 0 amide bonds. The van der Waals surface area contributed by atoms with Gasteiger partial charge in [-0.05, 0) is 19.1 Å². The van der Waals surface area contributed by atoms with E-state index in [1.165, 1.54) is 34.6 Å². The van der Waals surface area contributed by atoms with Crippen LogP contribution in [0.25, 0.3) is 0 Å². The zero-order chi connectivity index (χ0) is 15.8. The molecule has 0 saturated heterocycles. The summed E-state index contributed by atoms with van der Waals surface area (Å²) in [5.41, 5.74) is -0.240. The molecule has 0 aliphatic rings. The lowest BCUT2D eigenvalue weighted by Gasteiger charge is -2.17. The van der Waals surface area contributed by atoms with Crippen molar-refractivity contribution in [3.63, 3.8) is 0 Å². The molecule has 1 unspecified atom stereocenters. The predicted octanol–water partition coefficient (Wildman–Crippen LogP) is 3.42. The average Bonchev–Trinajstić information content (AvgIpc) is 2.70. The van der Waals surface area contributed by atoms with E-state index in [-0.39, 0.29) is 11.0 Å². The summed E-state index contributed by atoms with van der Waals surface area (Å²) in [4.78, 5) is 0. The first kappa shape index (κ1) is 15.8. The molecular weight excluding hydrogens is 294 g/mol. The van der Waals surface area contributed by atoms with Crippen LogP contribution in [0.4, 0.5) is 8.78 Å². The Hall–Kier alpha value is -1.63. The van der Waals surface area contributed by atoms with Gasteiger partial charge in [0.15, 0.2) is 5.82 Å². The van der Waals surface area contributed by atoms with Crippen molar-refractivity contribution in [1.82, 2.24) is 14.9 Å². The number of nitrogens with zero attached hydrogens (tertiary/aromatic N) is 3. The Bertz CT molecular complexity index is 629. The van der Waals surface area contributed by atoms with Crippen molar-refractivity contribution < 1.29 is 8.78 Å². The fourth-order valence-corrected chi connectivity index (χ4v) is 2.93. The van der Waals surface area contributed by atoms with Crippen LogP contribution in [-0.2, 0) is 5.41 Å². The number of halogens is 2. The van der Waals surface area contributed by atoms with E-state index in [1.54, 1.807) is 6.92 Å². The molecule has 2 rings (SSSR count). The summed E-state index contributed by atoms with van der Waals surface area (Å²) < 4.78 is 28.9. The van der Waals surface area contributed by atoms with Crippen LogP contribution in [0.15, 0.2) is 23.4 Å². The SMILES string of the molecule is CC(Sc1nnc(C(C)(C)C)n1N)c1c(F)cccc1F. The van der Waals surface area contributed by atoms with Gasteiger partial charge in [0.05, 0.1) is 0 Å². The second-order valence-electron chi connectivity index (χ2n) is 5.82. The van der Waals surface area contributed by atoms with Gasteiger partial charge in [-0.1, -0.05) is 38.6 Å². The van der Waals surface area contributed by atoms with Crippen LogP contribution in [0.1, 0.15) is 44.3 Å². The molecule has 0 fully saturated rings. The lowest BCUT2D eigenvalue weighted by atomic mass is 9.96. The Morgan fingerprint density at radius 1 is 1.19 bits per heavy atom.